The number of benzene rings is 1. The predicted molar refractivity (Wildman–Crippen MR) is 71.5 cm³/mol. The van der Waals surface area contributed by atoms with E-state index in [9.17, 15) is 4.79 Å². The van der Waals surface area contributed by atoms with E-state index in [1.807, 2.05) is 0 Å². The largest absolute Gasteiger partial charge is 0.490 e. The number of hydrogen-bond acceptors (Lipinski definition) is 5. The van der Waals surface area contributed by atoms with Gasteiger partial charge in [-0.15, -0.1) is 0 Å². The van der Waals surface area contributed by atoms with Gasteiger partial charge in [-0.2, -0.15) is 10.5 Å². The molecule has 0 aliphatic carbocycles. The van der Waals surface area contributed by atoms with Crippen molar-refractivity contribution in [3.05, 3.63) is 29.3 Å². The van der Waals surface area contributed by atoms with Crippen LogP contribution in [-0.4, -0.2) is 19.1 Å². The van der Waals surface area contributed by atoms with Crippen LogP contribution in [0.2, 0.25) is 0 Å². The van der Waals surface area contributed by atoms with E-state index in [0.29, 0.717) is 23.7 Å². The minimum Gasteiger partial charge on any atom is -0.490 e. The molecule has 2 N–H and O–H groups in total. The van der Waals surface area contributed by atoms with Crippen LogP contribution in [0.25, 0.3) is 6.08 Å². The lowest BCUT2D eigenvalue weighted by Gasteiger charge is -2.11. The highest BCUT2D eigenvalue weighted by Gasteiger charge is 2.07. The van der Waals surface area contributed by atoms with Crippen molar-refractivity contribution in [2.75, 3.05) is 13.2 Å². The second kappa shape index (κ2) is 7.45. The van der Waals surface area contributed by atoms with Crippen LogP contribution in [0.15, 0.2) is 23.8 Å². The van der Waals surface area contributed by atoms with Crippen molar-refractivity contribution in [2.24, 2.45) is 5.73 Å². The number of rotatable bonds is 6. The van der Waals surface area contributed by atoms with E-state index < -0.39 is 5.91 Å². The molecule has 1 rings (SSSR count). The molecule has 1 aromatic rings. The zero-order valence-electron chi connectivity index (χ0n) is 10.9. The summed E-state index contributed by atoms with van der Waals surface area (Å²) in [5.74, 6) is 0.198. The van der Waals surface area contributed by atoms with E-state index in [-0.39, 0.29) is 12.2 Å². The first-order valence-corrected chi connectivity index (χ1v) is 5.80. The minimum absolute atomic E-state index is 0.0155. The Morgan fingerprint density at radius 1 is 1.30 bits per heavy atom. The smallest absolute Gasteiger partial charge is 0.255 e. The highest BCUT2D eigenvalue weighted by Crippen LogP contribution is 2.29. The summed E-state index contributed by atoms with van der Waals surface area (Å²) in [5, 5.41) is 17.4. The van der Waals surface area contributed by atoms with Crippen molar-refractivity contribution < 1.29 is 14.3 Å². The van der Waals surface area contributed by atoms with Crippen LogP contribution in [-0.2, 0) is 4.79 Å². The van der Waals surface area contributed by atoms with E-state index in [1.165, 1.54) is 6.08 Å². The Labute approximate surface area is 116 Å². The Morgan fingerprint density at radius 3 is 2.55 bits per heavy atom. The molecule has 0 spiro atoms. The van der Waals surface area contributed by atoms with E-state index >= 15 is 0 Å². The first kappa shape index (κ1) is 15.1. The van der Waals surface area contributed by atoms with Gasteiger partial charge in [0, 0.05) is 0 Å². The summed E-state index contributed by atoms with van der Waals surface area (Å²) < 4.78 is 10.6. The average Bonchev–Trinajstić information content (AvgIpc) is 2.44. The van der Waals surface area contributed by atoms with Crippen LogP contribution < -0.4 is 15.2 Å². The molecule has 0 saturated carbocycles. The molecule has 0 atom stereocenters. The summed E-state index contributed by atoms with van der Waals surface area (Å²) in [6.45, 7) is 1.96. The molecule has 102 valence electrons. The van der Waals surface area contributed by atoms with E-state index in [0.717, 1.165) is 0 Å². The van der Waals surface area contributed by atoms with E-state index in [2.05, 4.69) is 0 Å². The third-order valence-corrected chi connectivity index (χ3v) is 2.19. The van der Waals surface area contributed by atoms with Crippen LogP contribution in [0.4, 0.5) is 0 Å². The zero-order chi connectivity index (χ0) is 15.0. The maximum atomic E-state index is 10.7. The predicted octanol–water partition coefficient (Wildman–Crippen LogP) is 1.38. The standard InChI is InChI=1S/C14H13N3O3/c1-2-19-13-6-10(5-11(7-15)8-16)3-4-12(13)20-9-14(17)18/h3-6H,2,9H2,1H3,(H2,17,18). The van der Waals surface area contributed by atoms with Gasteiger partial charge in [0.25, 0.3) is 5.91 Å². The first-order chi connectivity index (χ1) is 9.60. The quantitative estimate of drug-likeness (QED) is 0.786. The number of primary amides is 1. The number of nitrogens with zero attached hydrogens (tertiary/aromatic N) is 2. The summed E-state index contributed by atoms with van der Waals surface area (Å²) in [7, 11) is 0. The van der Waals surface area contributed by atoms with Crippen molar-refractivity contribution in [3.8, 4) is 23.6 Å². The summed E-state index contributed by atoms with van der Waals surface area (Å²) in [6.07, 6.45) is 1.43. The van der Waals surface area contributed by atoms with Gasteiger partial charge in [0.15, 0.2) is 18.1 Å². The van der Waals surface area contributed by atoms with Gasteiger partial charge < -0.3 is 15.2 Å². The van der Waals surface area contributed by atoms with Gasteiger partial charge in [-0.1, -0.05) is 6.07 Å². The third kappa shape index (κ3) is 4.35. The highest BCUT2D eigenvalue weighted by molar-refractivity contribution is 5.75. The monoisotopic (exact) mass is 271 g/mol. The van der Waals surface area contributed by atoms with Gasteiger partial charge >= 0.3 is 0 Å². The van der Waals surface area contributed by atoms with Crippen LogP contribution in [0.5, 0.6) is 11.5 Å². The maximum absolute atomic E-state index is 10.7. The Hall–Kier alpha value is -2.99. The fraction of sp³-hybridized carbons (Fsp3) is 0.214. The topological polar surface area (TPSA) is 109 Å². The molecule has 6 heteroatoms. The zero-order valence-corrected chi connectivity index (χ0v) is 10.9. The van der Waals surface area contributed by atoms with Crippen LogP contribution in [0, 0.1) is 22.7 Å². The van der Waals surface area contributed by atoms with Gasteiger partial charge in [-0.25, -0.2) is 0 Å². The molecule has 0 aromatic heterocycles. The molecule has 20 heavy (non-hydrogen) atoms. The van der Waals surface area contributed by atoms with Gasteiger partial charge in [-0.05, 0) is 30.7 Å². The first-order valence-electron chi connectivity index (χ1n) is 5.80. The molecule has 0 fully saturated rings. The number of amides is 1. The molecule has 0 bridgehead atoms. The molecular formula is C14H13N3O3. The van der Waals surface area contributed by atoms with Gasteiger partial charge in [-0.3, -0.25) is 4.79 Å². The fourth-order valence-electron chi connectivity index (χ4n) is 1.41. The van der Waals surface area contributed by atoms with Gasteiger partial charge in [0.2, 0.25) is 0 Å². The van der Waals surface area contributed by atoms with Crippen LogP contribution >= 0.6 is 0 Å². The number of ether oxygens (including phenoxy) is 2. The summed E-state index contributed by atoms with van der Waals surface area (Å²) in [6, 6.07) is 8.40. The van der Waals surface area contributed by atoms with Crippen LogP contribution in [0.1, 0.15) is 12.5 Å². The second-order valence-electron chi connectivity index (χ2n) is 3.68. The molecule has 0 radical (unpaired) electrons. The molecule has 0 saturated heterocycles. The molecule has 1 amide bonds. The summed E-state index contributed by atoms with van der Waals surface area (Å²) >= 11 is 0. The number of carbonyl (C=O) groups is 1. The summed E-state index contributed by atoms with van der Waals surface area (Å²) in [4.78, 5) is 10.7. The lowest BCUT2D eigenvalue weighted by molar-refractivity contribution is -0.119. The highest BCUT2D eigenvalue weighted by atomic mass is 16.5. The number of carbonyl (C=O) groups excluding carboxylic acids is 1. The summed E-state index contributed by atoms with van der Waals surface area (Å²) in [5.41, 5.74) is 5.62. The normalized spacial score (nSPS) is 8.95. The number of nitrogens with two attached hydrogens (primary N) is 1. The third-order valence-electron chi connectivity index (χ3n) is 2.19. The molecule has 0 unspecified atom stereocenters. The SMILES string of the molecule is CCOc1cc(C=C(C#N)C#N)ccc1OCC(N)=O. The Kier molecular flexibility index (Phi) is 5.61. The van der Waals surface area contributed by atoms with Crippen molar-refractivity contribution in [1.29, 1.82) is 10.5 Å². The van der Waals surface area contributed by atoms with Crippen LogP contribution in [0.3, 0.4) is 0 Å². The fourth-order valence-corrected chi connectivity index (χ4v) is 1.41. The number of hydrogen-bond donors (Lipinski definition) is 1. The molecular weight excluding hydrogens is 258 g/mol. The number of allylic oxidation sites excluding steroid dienone is 1. The van der Waals surface area contributed by atoms with Gasteiger partial charge in [0.05, 0.1) is 6.61 Å². The second-order valence-corrected chi connectivity index (χ2v) is 3.68. The lowest BCUT2D eigenvalue weighted by Crippen LogP contribution is -2.20. The Morgan fingerprint density at radius 2 is 2.00 bits per heavy atom. The van der Waals surface area contributed by atoms with Gasteiger partial charge in [0.1, 0.15) is 17.7 Å². The Balaban J connectivity index is 3.07. The molecule has 0 heterocycles. The lowest BCUT2D eigenvalue weighted by atomic mass is 10.1. The van der Waals surface area contributed by atoms with Crippen molar-refractivity contribution in [1.82, 2.24) is 0 Å². The van der Waals surface area contributed by atoms with Crippen molar-refractivity contribution in [2.45, 2.75) is 6.92 Å². The van der Waals surface area contributed by atoms with E-state index in [4.69, 9.17) is 25.7 Å². The van der Waals surface area contributed by atoms with Crippen molar-refractivity contribution >= 4 is 12.0 Å². The Bertz CT molecular complexity index is 593. The van der Waals surface area contributed by atoms with E-state index in [1.54, 1.807) is 37.3 Å². The maximum Gasteiger partial charge on any atom is 0.255 e. The molecule has 0 aliphatic heterocycles. The molecule has 6 nitrogen and oxygen atoms in total. The minimum atomic E-state index is -0.590. The number of nitriles is 2. The average molecular weight is 271 g/mol. The molecule has 1 aromatic carbocycles. The van der Waals surface area contributed by atoms with Crippen molar-refractivity contribution in [3.63, 3.8) is 0 Å². The molecule has 0 aliphatic rings.